The van der Waals surface area contributed by atoms with Gasteiger partial charge in [-0.05, 0) is 50.0 Å². The highest BCUT2D eigenvalue weighted by molar-refractivity contribution is 5.91. The molecule has 2 aliphatic carbocycles. The van der Waals surface area contributed by atoms with Crippen molar-refractivity contribution < 1.29 is 22.8 Å². The number of aromatic nitrogens is 3. The zero-order chi connectivity index (χ0) is 43.8. The third-order valence-electron chi connectivity index (χ3n) is 13.8. The van der Waals surface area contributed by atoms with Gasteiger partial charge in [0.05, 0.1) is 11.9 Å². The van der Waals surface area contributed by atoms with Crippen LogP contribution in [-0.2, 0) is 4.79 Å². The van der Waals surface area contributed by atoms with Crippen molar-refractivity contribution in [3.8, 4) is 0 Å². The van der Waals surface area contributed by atoms with E-state index in [1.165, 1.54) is 167 Å². The zero-order valence-electron chi connectivity index (χ0n) is 38.1. The first-order chi connectivity index (χ1) is 30.2. The Hall–Kier alpha value is -3.44. The molecule has 2 saturated carbocycles. The molecule has 2 amide bonds. The monoisotopic (exact) mass is 868 g/mol. The summed E-state index contributed by atoms with van der Waals surface area (Å²) in [6, 6.07) is 3.04. The molecular formula is C50H80F3N7O2. The molecule has 2 bridgehead atoms. The van der Waals surface area contributed by atoms with Crippen molar-refractivity contribution in [2.45, 2.75) is 205 Å². The molecular weight excluding hydrogens is 788 g/mol. The third kappa shape index (κ3) is 18.3. The number of alkyl halides is 2. The van der Waals surface area contributed by atoms with Crippen molar-refractivity contribution in [2.24, 2.45) is 23.5 Å². The summed E-state index contributed by atoms with van der Waals surface area (Å²) in [5, 5.41) is 3.02. The van der Waals surface area contributed by atoms with Crippen LogP contribution in [0.25, 0.3) is 0 Å². The van der Waals surface area contributed by atoms with Gasteiger partial charge < -0.3 is 20.9 Å². The second-order valence-corrected chi connectivity index (χ2v) is 19.1. The van der Waals surface area contributed by atoms with Crippen LogP contribution in [0, 0.1) is 23.6 Å². The SMILES string of the molecule is NC(=O)c1ncc(Nc2nccc(N3CCCCN(C(=O)[C@@H]4CC4(F)F)CCCCCCCCCCCCCCCCCCCCCCCCCCC4CC[C@H](C4)C3)n2)cc1F. The van der Waals surface area contributed by atoms with Gasteiger partial charge in [0.25, 0.3) is 11.8 Å². The smallest absolute Gasteiger partial charge is 0.270 e. The van der Waals surface area contributed by atoms with Crippen LogP contribution in [-0.4, -0.2) is 63.8 Å². The highest BCUT2D eigenvalue weighted by Gasteiger charge is 2.62. The highest BCUT2D eigenvalue weighted by atomic mass is 19.3. The molecule has 3 aliphatic rings. The number of primary amides is 1. The molecule has 3 fully saturated rings. The minimum absolute atomic E-state index is 0.276. The summed E-state index contributed by atoms with van der Waals surface area (Å²) < 4.78 is 42.7. The van der Waals surface area contributed by atoms with Crippen molar-refractivity contribution in [1.29, 1.82) is 0 Å². The van der Waals surface area contributed by atoms with Gasteiger partial charge in [-0.25, -0.2) is 23.1 Å². The predicted octanol–water partition coefficient (Wildman–Crippen LogP) is 13.1. The first-order valence-corrected chi connectivity index (χ1v) is 25.2. The Morgan fingerprint density at radius 3 is 1.66 bits per heavy atom. The minimum Gasteiger partial charge on any atom is -0.364 e. The Balaban J connectivity index is 1.17. The Bertz CT molecular complexity index is 1600. The van der Waals surface area contributed by atoms with Crippen molar-refractivity contribution in [1.82, 2.24) is 19.9 Å². The van der Waals surface area contributed by atoms with E-state index in [4.69, 9.17) is 10.7 Å². The number of amides is 2. The number of nitrogens with one attached hydrogen (secondary N) is 1. The number of nitrogens with two attached hydrogens (primary N) is 1. The van der Waals surface area contributed by atoms with Gasteiger partial charge in [0, 0.05) is 44.9 Å². The second-order valence-electron chi connectivity index (χ2n) is 19.1. The number of carbonyl (C=O) groups is 2. The largest absolute Gasteiger partial charge is 0.364 e. The topological polar surface area (TPSA) is 117 Å². The van der Waals surface area contributed by atoms with Crippen molar-refractivity contribution in [3.63, 3.8) is 0 Å². The fourth-order valence-corrected chi connectivity index (χ4v) is 9.88. The molecule has 3 heterocycles. The maximum Gasteiger partial charge on any atom is 0.270 e. The zero-order valence-corrected chi connectivity index (χ0v) is 38.1. The van der Waals surface area contributed by atoms with Crippen LogP contribution in [0.4, 0.5) is 30.6 Å². The Morgan fingerprint density at radius 2 is 1.15 bits per heavy atom. The van der Waals surface area contributed by atoms with Gasteiger partial charge in [-0.1, -0.05) is 161 Å². The van der Waals surface area contributed by atoms with E-state index in [0.29, 0.717) is 37.7 Å². The van der Waals surface area contributed by atoms with Crippen LogP contribution in [0.5, 0.6) is 0 Å². The van der Waals surface area contributed by atoms with Crippen LogP contribution in [0.15, 0.2) is 24.5 Å². The summed E-state index contributed by atoms with van der Waals surface area (Å²) >= 11 is 0. The molecule has 1 aliphatic heterocycles. The summed E-state index contributed by atoms with van der Waals surface area (Å²) in [6.07, 6.45) is 40.5. The van der Waals surface area contributed by atoms with Crippen molar-refractivity contribution in [3.05, 3.63) is 36.0 Å². The molecule has 62 heavy (non-hydrogen) atoms. The van der Waals surface area contributed by atoms with E-state index in [0.717, 1.165) is 50.0 Å². The normalized spacial score (nSPS) is 24.8. The maximum absolute atomic E-state index is 14.5. The molecule has 2 aromatic heterocycles. The van der Waals surface area contributed by atoms with Gasteiger partial charge in [-0.3, -0.25) is 9.59 Å². The van der Waals surface area contributed by atoms with E-state index in [1.54, 1.807) is 11.1 Å². The number of fused-ring (bicyclic) bond motifs is 2. The number of hydrogen-bond acceptors (Lipinski definition) is 7. The van der Waals surface area contributed by atoms with E-state index in [1.807, 2.05) is 6.07 Å². The molecule has 9 nitrogen and oxygen atoms in total. The van der Waals surface area contributed by atoms with E-state index in [9.17, 15) is 22.8 Å². The Morgan fingerprint density at radius 1 is 0.661 bits per heavy atom. The first kappa shape index (κ1) is 49.6. The Kier molecular flexibility index (Phi) is 22.1. The van der Waals surface area contributed by atoms with Crippen LogP contribution in [0.3, 0.4) is 0 Å². The first-order valence-electron chi connectivity index (χ1n) is 25.2. The number of anilines is 3. The van der Waals surface area contributed by atoms with Crippen molar-refractivity contribution in [2.75, 3.05) is 36.4 Å². The fraction of sp³-hybridized carbons (Fsp3) is 0.780. The quantitative estimate of drug-likeness (QED) is 0.307. The van der Waals surface area contributed by atoms with Crippen LogP contribution in [0.2, 0.25) is 0 Å². The number of carbonyl (C=O) groups excluding carboxylic acids is 2. The summed E-state index contributed by atoms with van der Waals surface area (Å²) in [5.41, 5.74) is 5.10. The molecule has 12 heteroatoms. The lowest BCUT2D eigenvalue weighted by Crippen LogP contribution is -2.36. The number of hydrogen-bond donors (Lipinski definition) is 2. The van der Waals surface area contributed by atoms with Gasteiger partial charge in [-0.15, -0.1) is 0 Å². The lowest BCUT2D eigenvalue weighted by Gasteiger charge is -2.28. The summed E-state index contributed by atoms with van der Waals surface area (Å²) in [4.78, 5) is 41.9. The molecule has 0 spiro atoms. The molecule has 1 unspecified atom stereocenters. The van der Waals surface area contributed by atoms with Gasteiger partial charge in [0.1, 0.15) is 11.7 Å². The average Bonchev–Trinajstić information content (AvgIpc) is 3.66. The van der Waals surface area contributed by atoms with Gasteiger partial charge >= 0.3 is 0 Å². The van der Waals surface area contributed by atoms with Gasteiger partial charge in [0.2, 0.25) is 11.9 Å². The molecule has 0 aromatic carbocycles. The number of rotatable bonds is 5. The number of nitrogens with zero attached hydrogens (tertiary/aromatic N) is 5. The van der Waals surface area contributed by atoms with Gasteiger partial charge in [0.15, 0.2) is 11.5 Å². The van der Waals surface area contributed by atoms with Crippen molar-refractivity contribution >= 4 is 29.3 Å². The van der Waals surface area contributed by atoms with Crippen LogP contribution in [0.1, 0.15) is 210 Å². The predicted molar refractivity (Wildman–Crippen MR) is 245 cm³/mol. The summed E-state index contributed by atoms with van der Waals surface area (Å²) in [5.74, 6) is -3.91. The molecule has 1 saturated heterocycles. The van der Waals surface area contributed by atoms with E-state index in [-0.39, 0.29) is 18.3 Å². The number of halogens is 3. The maximum atomic E-state index is 14.5. The molecule has 3 atom stereocenters. The van der Waals surface area contributed by atoms with Crippen LogP contribution >= 0.6 is 0 Å². The number of pyridine rings is 1. The molecule has 348 valence electrons. The Labute approximate surface area is 371 Å². The van der Waals surface area contributed by atoms with Gasteiger partial charge in [-0.2, -0.15) is 4.98 Å². The molecule has 0 radical (unpaired) electrons. The minimum atomic E-state index is -2.87. The lowest BCUT2D eigenvalue weighted by atomic mass is 9.97. The van der Waals surface area contributed by atoms with E-state index in [2.05, 4.69) is 20.2 Å². The standard InChI is InChI=1S/C50H80F3N7O2/c51-44-36-42(38-56-46(44)47(54)61)57-49-55-31-30-45(58-49)60-34-26-25-33-59(48(62)43-37-50(43,52)53)32-24-22-20-18-16-14-12-10-8-6-4-2-1-3-5-7-9-11-13-15-17-19-21-23-27-40-28-29-41(35-40)39-60/h30-31,36,38,40-41,43H,1-29,32-35,37,39H2,(H2,54,61)(H,55,57,58)/t40?,41-,43+/m1/s1. The summed E-state index contributed by atoms with van der Waals surface area (Å²) in [6.45, 7) is 2.55. The fourth-order valence-electron chi connectivity index (χ4n) is 9.88. The molecule has 2 aromatic rings. The molecule has 5 rings (SSSR count). The molecule has 3 N–H and O–H groups in total. The van der Waals surface area contributed by atoms with E-state index < -0.39 is 29.3 Å². The average molecular weight is 868 g/mol. The van der Waals surface area contributed by atoms with E-state index >= 15 is 0 Å². The third-order valence-corrected chi connectivity index (χ3v) is 13.8. The highest BCUT2D eigenvalue weighted by Crippen LogP contribution is 2.49. The second kappa shape index (κ2) is 27.7. The van der Waals surface area contributed by atoms with Crippen LogP contribution < -0.4 is 16.0 Å². The summed E-state index contributed by atoms with van der Waals surface area (Å²) in [7, 11) is 0. The lowest BCUT2D eigenvalue weighted by molar-refractivity contribution is -0.135.